The molecule has 1 fully saturated rings. The Labute approximate surface area is 144 Å². The molecule has 24 heavy (non-hydrogen) atoms. The number of amides is 2. The third-order valence-electron chi connectivity index (χ3n) is 4.63. The number of carbonyl (C=O) groups is 2. The SMILES string of the molecule is CCc1cccc(C)c1NC(=O)C(C)(C)C(=O)NCC1CCCO1. The monoisotopic (exact) mass is 332 g/mol. The highest BCUT2D eigenvalue weighted by Gasteiger charge is 2.36. The van der Waals surface area contributed by atoms with Gasteiger partial charge in [0.1, 0.15) is 5.41 Å². The van der Waals surface area contributed by atoms with E-state index in [0.717, 1.165) is 42.7 Å². The summed E-state index contributed by atoms with van der Waals surface area (Å²) in [5.74, 6) is -0.571. The van der Waals surface area contributed by atoms with Gasteiger partial charge in [-0.15, -0.1) is 0 Å². The van der Waals surface area contributed by atoms with E-state index >= 15 is 0 Å². The Balaban J connectivity index is 2.02. The molecule has 132 valence electrons. The maximum atomic E-state index is 12.7. The molecule has 5 heteroatoms. The van der Waals surface area contributed by atoms with Crippen LogP contribution in [-0.4, -0.2) is 31.1 Å². The topological polar surface area (TPSA) is 67.4 Å². The number of hydrogen-bond acceptors (Lipinski definition) is 3. The molecule has 1 aliphatic rings. The van der Waals surface area contributed by atoms with Crippen molar-refractivity contribution in [2.75, 3.05) is 18.5 Å². The molecule has 0 spiro atoms. The van der Waals surface area contributed by atoms with E-state index in [1.165, 1.54) is 0 Å². The number of anilines is 1. The minimum atomic E-state index is -1.15. The zero-order valence-corrected chi connectivity index (χ0v) is 15.1. The van der Waals surface area contributed by atoms with Crippen molar-refractivity contribution >= 4 is 17.5 Å². The van der Waals surface area contributed by atoms with Crippen molar-refractivity contribution in [1.82, 2.24) is 5.32 Å². The van der Waals surface area contributed by atoms with Crippen LogP contribution >= 0.6 is 0 Å². The summed E-state index contributed by atoms with van der Waals surface area (Å²) < 4.78 is 5.50. The molecule has 1 atom stereocenters. The lowest BCUT2D eigenvalue weighted by atomic mass is 9.90. The molecule has 1 aromatic rings. The zero-order chi connectivity index (χ0) is 17.7. The lowest BCUT2D eigenvalue weighted by Gasteiger charge is -2.25. The fourth-order valence-electron chi connectivity index (χ4n) is 2.81. The maximum Gasteiger partial charge on any atom is 0.239 e. The summed E-state index contributed by atoms with van der Waals surface area (Å²) in [5, 5.41) is 5.80. The third-order valence-corrected chi connectivity index (χ3v) is 4.63. The molecule has 0 radical (unpaired) electrons. The molecule has 0 bridgehead atoms. The van der Waals surface area contributed by atoms with Crippen LogP contribution in [0.15, 0.2) is 18.2 Å². The van der Waals surface area contributed by atoms with Crippen LogP contribution in [0.3, 0.4) is 0 Å². The summed E-state index contributed by atoms with van der Waals surface area (Å²) in [5.41, 5.74) is 1.73. The van der Waals surface area contributed by atoms with Gasteiger partial charge >= 0.3 is 0 Å². The first kappa shape index (κ1) is 18.5. The Morgan fingerprint density at radius 3 is 2.67 bits per heavy atom. The van der Waals surface area contributed by atoms with Crippen molar-refractivity contribution in [2.24, 2.45) is 5.41 Å². The van der Waals surface area contributed by atoms with Crippen LogP contribution in [0.4, 0.5) is 5.69 Å². The molecule has 0 saturated carbocycles. The van der Waals surface area contributed by atoms with Crippen LogP contribution in [-0.2, 0) is 20.7 Å². The lowest BCUT2D eigenvalue weighted by molar-refractivity contribution is -0.138. The first-order chi connectivity index (χ1) is 11.4. The Bertz CT molecular complexity index is 605. The van der Waals surface area contributed by atoms with Gasteiger partial charge in [0.2, 0.25) is 11.8 Å². The second-order valence-corrected chi connectivity index (χ2v) is 6.89. The predicted molar refractivity (Wildman–Crippen MR) is 95.0 cm³/mol. The average Bonchev–Trinajstić information content (AvgIpc) is 3.07. The van der Waals surface area contributed by atoms with Gasteiger partial charge in [-0.1, -0.05) is 25.1 Å². The highest BCUT2D eigenvalue weighted by atomic mass is 16.5. The molecule has 2 N–H and O–H groups in total. The van der Waals surface area contributed by atoms with Crippen molar-refractivity contribution < 1.29 is 14.3 Å². The summed E-state index contributed by atoms with van der Waals surface area (Å²) in [6, 6.07) is 5.93. The van der Waals surface area contributed by atoms with E-state index < -0.39 is 5.41 Å². The molecule has 5 nitrogen and oxygen atoms in total. The molecule has 2 rings (SSSR count). The first-order valence-electron chi connectivity index (χ1n) is 8.66. The largest absolute Gasteiger partial charge is 0.376 e. The Hall–Kier alpha value is -1.88. The van der Waals surface area contributed by atoms with Crippen LogP contribution in [0.1, 0.15) is 44.7 Å². The van der Waals surface area contributed by atoms with E-state index in [-0.39, 0.29) is 17.9 Å². The second-order valence-electron chi connectivity index (χ2n) is 6.89. The van der Waals surface area contributed by atoms with Crippen LogP contribution in [0.25, 0.3) is 0 Å². The summed E-state index contributed by atoms with van der Waals surface area (Å²) in [6.45, 7) is 8.51. The van der Waals surface area contributed by atoms with Crippen LogP contribution in [0, 0.1) is 12.3 Å². The number of aryl methyl sites for hydroxylation is 2. The van der Waals surface area contributed by atoms with Gasteiger partial charge in [0.25, 0.3) is 0 Å². The highest BCUT2D eigenvalue weighted by Crippen LogP contribution is 2.25. The average molecular weight is 332 g/mol. The third kappa shape index (κ3) is 4.15. The van der Waals surface area contributed by atoms with E-state index in [1.807, 2.05) is 32.0 Å². The molecular weight excluding hydrogens is 304 g/mol. The molecular formula is C19H28N2O3. The number of para-hydroxylation sites is 1. The van der Waals surface area contributed by atoms with Crippen molar-refractivity contribution in [2.45, 2.75) is 53.1 Å². The van der Waals surface area contributed by atoms with Crippen LogP contribution in [0.5, 0.6) is 0 Å². The number of ether oxygens (including phenoxy) is 1. The van der Waals surface area contributed by atoms with Gasteiger partial charge in [-0.25, -0.2) is 0 Å². The second kappa shape index (κ2) is 7.79. The number of nitrogens with one attached hydrogen (secondary N) is 2. The van der Waals surface area contributed by atoms with Crippen molar-refractivity contribution in [1.29, 1.82) is 0 Å². The Kier molecular flexibility index (Phi) is 5.99. The molecule has 2 amide bonds. The summed E-state index contributed by atoms with van der Waals surface area (Å²) in [7, 11) is 0. The van der Waals surface area contributed by atoms with E-state index in [0.29, 0.717) is 6.54 Å². The number of rotatable bonds is 6. The van der Waals surface area contributed by atoms with Crippen LogP contribution < -0.4 is 10.6 Å². The van der Waals surface area contributed by atoms with Crippen LogP contribution in [0.2, 0.25) is 0 Å². The van der Waals surface area contributed by atoms with Gasteiger partial charge in [-0.2, -0.15) is 0 Å². The molecule has 1 aromatic carbocycles. The maximum absolute atomic E-state index is 12.7. The fraction of sp³-hybridized carbons (Fsp3) is 0.579. The normalized spacial score (nSPS) is 17.6. The smallest absolute Gasteiger partial charge is 0.239 e. The van der Waals surface area contributed by atoms with Gasteiger partial charge in [0.05, 0.1) is 6.10 Å². The summed E-state index contributed by atoms with van der Waals surface area (Å²) >= 11 is 0. The van der Waals surface area contributed by atoms with E-state index in [9.17, 15) is 9.59 Å². The molecule has 1 saturated heterocycles. The highest BCUT2D eigenvalue weighted by molar-refractivity contribution is 6.10. The Morgan fingerprint density at radius 2 is 2.04 bits per heavy atom. The molecule has 1 heterocycles. The first-order valence-corrected chi connectivity index (χ1v) is 8.66. The van der Waals surface area contributed by atoms with Gasteiger partial charge in [0.15, 0.2) is 0 Å². The summed E-state index contributed by atoms with van der Waals surface area (Å²) in [4.78, 5) is 25.2. The number of benzene rings is 1. The van der Waals surface area contributed by atoms with Gasteiger partial charge in [-0.05, 0) is 51.2 Å². The molecule has 1 unspecified atom stereocenters. The minimum absolute atomic E-state index is 0.0656. The van der Waals surface area contributed by atoms with Gasteiger partial charge in [-0.3, -0.25) is 9.59 Å². The van der Waals surface area contributed by atoms with Crippen molar-refractivity contribution in [3.8, 4) is 0 Å². The molecule has 0 aromatic heterocycles. The molecule has 1 aliphatic heterocycles. The van der Waals surface area contributed by atoms with Gasteiger partial charge < -0.3 is 15.4 Å². The molecule has 0 aliphatic carbocycles. The van der Waals surface area contributed by atoms with E-state index in [4.69, 9.17) is 4.74 Å². The fourth-order valence-corrected chi connectivity index (χ4v) is 2.81. The minimum Gasteiger partial charge on any atom is -0.376 e. The van der Waals surface area contributed by atoms with Crippen molar-refractivity contribution in [3.63, 3.8) is 0 Å². The number of carbonyl (C=O) groups excluding carboxylic acids is 2. The quantitative estimate of drug-likeness (QED) is 0.787. The Morgan fingerprint density at radius 1 is 1.29 bits per heavy atom. The lowest BCUT2D eigenvalue weighted by Crippen LogP contribution is -2.47. The van der Waals surface area contributed by atoms with Gasteiger partial charge in [0, 0.05) is 18.8 Å². The van der Waals surface area contributed by atoms with E-state index in [1.54, 1.807) is 13.8 Å². The summed E-state index contributed by atoms with van der Waals surface area (Å²) in [6.07, 6.45) is 2.87. The van der Waals surface area contributed by atoms with Crippen molar-refractivity contribution in [3.05, 3.63) is 29.3 Å². The predicted octanol–water partition coefficient (Wildman–Crippen LogP) is 2.82. The number of hydrogen-bond donors (Lipinski definition) is 2. The van der Waals surface area contributed by atoms with E-state index in [2.05, 4.69) is 10.6 Å². The zero-order valence-electron chi connectivity index (χ0n) is 15.1. The standard InChI is InChI=1S/C19H28N2O3/c1-5-14-9-6-8-13(2)16(14)21-18(23)19(3,4)17(22)20-12-15-10-7-11-24-15/h6,8-9,15H,5,7,10-12H2,1-4H3,(H,20,22)(H,21,23).